The maximum atomic E-state index is 11.0. The Kier molecular flexibility index (Phi) is 5.11. The van der Waals surface area contributed by atoms with Crippen LogP contribution in [0, 0.1) is 0 Å². The van der Waals surface area contributed by atoms with E-state index in [1.165, 1.54) is 14.2 Å². The topological polar surface area (TPSA) is 105 Å². The van der Waals surface area contributed by atoms with Crippen molar-refractivity contribution >= 4 is 11.8 Å². The Morgan fingerprint density at radius 1 is 1.21 bits per heavy atom. The summed E-state index contributed by atoms with van der Waals surface area (Å²) < 4.78 is 9.76. The predicted octanol–water partition coefficient (Wildman–Crippen LogP) is -0.884. The van der Waals surface area contributed by atoms with Crippen LogP contribution in [0.25, 0.3) is 0 Å². The van der Waals surface area contributed by atoms with Crippen LogP contribution in [0.15, 0.2) is 0 Å². The maximum absolute atomic E-state index is 11.0. The standard InChI is InChI=1S/C8H16N2O4/c1-13-8(14-2,7(10)12)5-3-4-6(9)11/h3-5H2,1-2H3,(H2,9,11)(H2,10,12). The Bertz CT molecular complexity index is 213. The SMILES string of the molecule is COC(CCCC(N)=O)(OC)C(N)=O. The monoisotopic (exact) mass is 204 g/mol. The summed E-state index contributed by atoms with van der Waals surface area (Å²) in [4.78, 5) is 21.5. The van der Waals surface area contributed by atoms with Crippen LogP contribution < -0.4 is 11.5 Å². The molecular formula is C8H16N2O4. The number of methoxy groups -OCH3 is 2. The molecule has 0 bridgehead atoms. The lowest BCUT2D eigenvalue weighted by Crippen LogP contribution is -2.47. The van der Waals surface area contributed by atoms with E-state index in [0.29, 0.717) is 6.42 Å². The summed E-state index contributed by atoms with van der Waals surface area (Å²) in [6.07, 6.45) is 0.764. The van der Waals surface area contributed by atoms with E-state index in [1.807, 2.05) is 0 Å². The summed E-state index contributed by atoms with van der Waals surface area (Å²) in [6.45, 7) is 0. The fourth-order valence-electron chi connectivity index (χ4n) is 1.11. The molecule has 0 unspecified atom stereocenters. The number of hydrogen-bond donors (Lipinski definition) is 2. The summed E-state index contributed by atoms with van der Waals surface area (Å²) in [6, 6.07) is 0. The number of nitrogens with two attached hydrogens (primary N) is 2. The second kappa shape index (κ2) is 5.56. The number of amides is 2. The van der Waals surface area contributed by atoms with Gasteiger partial charge in [-0.25, -0.2) is 0 Å². The summed E-state index contributed by atoms with van der Waals surface area (Å²) in [5.74, 6) is -2.60. The number of carbonyl (C=O) groups is 2. The smallest absolute Gasteiger partial charge is 0.277 e. The van der Waals surface area contributed by atoms with Gasteiger partial charge < -0.3 is 20.9 Å². The van der Waals surface area contributed by atoms with Crippen molar-refractivity contribution in [2.24, 2.45) is 11.5 Å². The molecule has 4 N–H and O–H groups in total. The molecule has 6 nitrogen and oxygen atoms in total. The van der Waals surface area contributed by atoms with Gasteiger partial charge in [0.1, 0.15) is 0 Å². The van der Waals surface area contributed by atoms with Gasteiger partial charge in [0, 0.05) is 27.1 Å². The molecule has 0 fully saturated rings. The van der Waals surface area contributed by atoms with Crippen molar-refractivity contribution in [3.05, 3.63) is 0 Å². The maximum Gasteiger partial charge on any atom is 0.277 e. The molecule has 0 aromatic heterocycles. The normalized spacial score (nSPS) is 11.3. The Labute approximate surface area is 82.5 Å². The fourth-order valence-corrected chi connectivity index (χ4v) is 1.11. The third kappa shape index (κ3) is 3.31. The van der Waals surface area contributed by atoms with E-state index in [4.69, 9.17) is 20.9 Å². The van der Waals surface area contributed by atoms with Crippen LogP contribution in [0.1, 0.15) is 19.3 Å². The van der Waals surface area contributed by atoms with Gasteiger partial charge in [-0.3, -0.25) is 9.59 Å². The molecule has 0 saturated carbocycles. The summed E-state index contributed by atoms with van der Waals surface area (Å²) >= 11 is 0. The van der Waals surface area contributed by atoms with Gasteiger partial charge in [0.05, 0.1) is 0 Å². The minimum atomic E-state index is -1.45. The lowest BCUT2D eigenvalue weighted by Gasteiger charge is -2.26. The second-order valence-corrected chi connectivity index (χ2v) is 2.85. The Balaban J connectivity index is 4.22. The molecule has 0 aliphatic carbocycles. The van der Waals surface area contributed by atoms with Crippen molar-refractivity contribution in [3.63, 3.8) is 0 Å². The first-order valence-electron chi connectivity index (χ1n) is 4.17. The fraction of sp³-hybridized carbons (Fsp3) is 0.750. The van der Waals surface area contributed by atoms with Crippen molar-refractivity contribution in [2.45, 2.75) is 25.0 Å². The van der Waals surface area contributed by atoms with Crippen molar-refractivity contribution < 1.29 is 19.1 Å². The summed E-state index contributed by atoms with van der Waals surface area (Å²) in [5, 5.41) is 0. The molecule has 14 heavy (non-hydrogen) atoms. The number of primary amides is 2. The minimum Gasteiger partial charge on any atom is -0.370 e. The van der Waals surface area contributed by atoms with E-state index in [9.17, 15) is 9.59 Å². The van der Waals surface area contributed by atoms with Crippen molar-refractivity contribution in [1.29, 1.82) is 0 Å². The number of ether oxygens (including phenoxy) is 2. The molecule has 0 atom stereocenters. The van der Waals surface area contributed by atoms with Crippen LogP contribution in [0.4, 0.5) is 0 Å². The van der Waals surface area contributed by atoms with E-state index >= 15 is 0 Å². The van der Waals surface area contributed by atoms with E-state index in [0.717, 1.165) is 0 Å². The molecule has 0 saturated heterocycles. The first-order chi connectivity index (χ1) is 6.48. The minimum absolute atomic E-state index is 0.168. The first kappa shape index (κ1) is 12.9. The third-order valence-corrected chi connectivity index (χ3v) is 1.96. The highest BCUT2D eigenvalue weighted by molar-refractivity contribution is 5.82. The highest BCUT2D eigenvalue weighted by Crippen LogP contribution is 2.18. The average molecular weight is 204 g/mol. The molecule has 0 spiro atoms. The Morgan fingerprint density at radius 3 is 2.00 bits per heavy atom. The van der Waals surface area contributed by atoms with Gasteiger partial charge in [0.2, 0.25) is 11.7 Å². The van der Waals surface area contributed by atoms with Crippen molar-refractivity contribution in [3.8, 4) is 0 Å². The molecule has 0 aromatic carbocycles. The van der Waals surface area contributed by atoms with Gasteiger partial charge in [-0.05, 0) is 6.42 Å². The van der Waals surface area contributed by atoms with Crippen LogP contribution in [0.3, 0.4) is 0 Å². The van der Waals surface area contributed by atoms with Gasteiger partial charge in [-0.2, -0.15) is 0 Å². The van der Waals surface area contributed by atoms with Crippen LogP contribution >= 0.6 is 0 Å². The predicted molar refractivity (Wildman–Crippen MR) is 49.0 cm³/mol. The van der Waals surface area contributed by atoms with Crippen molar-refractivity contribution in [2.75, 3.05) is 14.2 Å². The Hall–Kier alpha value is -1.14. The molecule has 0 aliphatic heterocycles. The average Bonchev–Trinajstić information content (AvgIpc) is 2.12. The second-order valence-electron chi connectivity index (χ2n) is 2.85. The van der Waals surface area contributed by atoms with Gasteiger partial charge in [-0.1, -0.05) is 0 Å². The van der Waals surface area contributed by atoms with Gasteiger partial charge >= 0.3 is 0 Å². The third-order valence-electron chi connectivity index (χ3n) is 1.96. The van der Waals surface area contributed by atoms with Crippen LogP contribution in [0.5, 0.6) is 0 Å². The highest BCUT2D eigenvalue weighted by atomic mass is 16.7. The summed E-state index contributed by atoms with van der Waals surface area (Å²) in [5.41, 5.74) is 10.0. The number of hydrogen-bond acceptors (Lipinski definition) is 4. The molecule has 0 rings (SSSR count). The Morgan fingerprint density at radius 2 is 1.71 bits per heavy atom. The highest BCUT2D eigenvalue weighted by Gasteiger charge is 2.36. The molecule has 6 heteroatoms. The molecule has 0 aromatic rings. The lowest BCUT2D eigenvalue weighted by molar-refractivity contribution is -0.209. The zero-order valence-corrected chi connectivity index (χ0v) is 8.41. The molecule has 2 amide bonds. The van der Waals surface area contributed by atoms with Crippen LogP contribution in [0.2, 0.25) is 0 Å². The molecule has 0 aliphatic rings. The largest absolute Gasteiger partial charge is 0.370 e. The first-order valence-corrected chi connectivity index (χ1v) is 4.17. The molecule has 0 radical (unpaired) electrons. The van der Waals surface area contributed by atoms with Gasteiger partial charge in [0.25, 0.3) is 5.91 Å². The number of carbonyl (C=O) groups excluding carboxylic acids is 2. The summed E-state index contributed by atoms with van der Waals surface area (Å²) in [7, 11) is 2.64. The van der Waals surface area contributed by atoms with E-state index < -0.39 is 17.6 Å². The zero-order valence-electron chi connectivity index (χ0n) is 8.41. The van der Waals surface area contributed by atoms with E-state index in [1.54, 1.807) is 0 Å². The van der Waals surface area contributed by atoms with E-state index in [2.05, 4.69) is 0 Å². The zero-order chi connectivity index (χ0) is 11.2. The van der Waals surface area contributed by atoms with E-state index in [-0.39, 0.29) is 12.8 Å². The number of rotatable bonds is 7. The van der Waals surface area contributed by atoms with Gasteiger partial charge in [0.15, 0.2) is 0 Å². The lowest BCUT2D eigenvalue weighted by atomic mass is 10.1. The van der Waals surface area contributed by atoms with Crippen LogP contribution in [-0.4, -0.2) is 31.8 Å². The van der Waals surface area contributed by atoms with Crippen molar-refractivity contribution in [1.82, 2.24) is 0 Å². The van der Waals surface area contributed by atoms with Gasteiger partial charge in [-0.15, -0.1) is 0 Å². The molecule has 0 heterocycles. The van der Waals surface area contributed by atoms with Crippen LogP contribution in [-0.2, 0) is 19.1 Å². The molecular weight excluding hydrogens is 188 g/mol. The quantitative estimate of drug-likeness (QED) is 0.525. The molecule has 82 valence electrons.